The van der Waals surface area contributed by atoms with Crippen molar-refractivity contribution < 1.29 is 35.8 Å². The molecule has 170 valence electrons. The van der Waals surface area contributed by atoms with Gasteiger partial charge in [-0.2, -0.15) is 31.3 Å². The average molecular weight is 445 g/mol. The Labute approximate surface area is 167 Å². The molecular formula is C16H21F6N5O3. The second kappa shape index (κ2) is 8.59. The first kappa shape index (κ1) is 22.6. The van der Waals surface area contributed by atoms with Crippen molar-refractivity contribution in [3.63, 3.8) is 0 Å². The highest BCUT2D eigenvalue weighted by atomic mass is 19.4. The Morgan fingerprint density at radius 1 is 1.23 bits per heavy atom. The molecule has 2 N–H and O–H groups in total. The summed E-state index contributed by atoms with van der Waals surface area (Å²) < 4.78 is 88.3. The number of nitrogens with zero attached hydrogens (tertiary/aromatic N) is 4. The van der Waals surface area contributed by atoms with E-state index in [0.717, 1.165) is 9.47 Å². The number of anilines is 2. The number of nitrogens with two attached hydrogens (primary N) is 1. The van der Waals surface area contributed by atoms with Gasteiger partial charge in [0.25, 0.3) is 5.56 Å². The van der Waals surface area contributed by atoms with Gasteiger partial charge in [-0.1, -0.05) is 0 Å². The van der Waals surface area contributed by atoms with Crippen LogP contribution >= 0.6 is 0 Å². The summed E-state index contributed by atoms with van der Waals surface area (Å²) in [6, 6.07) is -0.825. The van der Waals surface area contributed by atoms with Gasteiger partial charge in [-0.25, -0.2) is 0 Å². The highest BCUT2D eigenvalue weighted by Crippen LogP contribution is 2.34. The standard InChI is InChI=1S/C16H21F6N5O3/c17-15(18,19)9-30-6-3-25-10(16(20,21)22)1-2-27-13(28)7-12(24-14(25)27)26-4-5-29-8-11(26)23/h7,10-11H,1-6,8-9,23H2/t10?,11-/m0/s1. The van der Waals surface area contributed by atoms with E-state index in [0.29, 0.717) is 6.61 Å². The molecule has 1 aromatic rings. The molecule has 0 amide bonds. The van der Waals surface area contributed by atoms with Crippen LogP contribution in [0.1, 0.15) is 6.42 Å². The van der Waals surface area contributed by atoms with Crippen LogP contribution in [0.3, 0.4) is 0 Å². The Balaban J connectivity index is 1.91. The maximum atomic E-state index is 13.6. The summed E-state index contributed by atoms with van der Waals surface area (Å²) in [4.78, 5) is 19.1. The van der Waals surface area contributed by atoms with Gasteiger partial charge in [0.05, 0.1) is 19.8 Å². The fourth-order valence-corrected chi connectivity index (χ4v) is 3.46. The molecule has 0 saturated carbocycles. The van der Waals surface area contributed by atoms with Crippen molar-refractivity contribution in [2.24, 2.45) is 5.73 Å². The van der Waals surface area contributed by atoms with E-state index in [2.05, 4.69) is 9.72 Å². The molecule has 1 aromatic heterocycles. The Bertz CT molecular complexity index is 799. The molecule has 1 saturated heterocycles. The summed E-state index contributed by atoms with van der Waals surface area (Å²) in [5, 5.41) is 0. The summed E-state index contributed by atoms with van der Waals surface area (Å²) >= 11 is 0. The van der Waals surface area contributed by atoms with Crippen LogP contribution in [0.25, 0.3) is 0 Å². The maximum absolute atomic E-state index is 13.6. The number of hydrogen-bond donors (Lipinski definition) is 1. The normalized spacial score (nSPS) is 22.9. The third kappa shape index (κ3) is 5.16. The summed E-state index contributed by atoms with van der Waals surface area (Å²) in [6.07, 6.45) is -10.3. The lowest BCUT2D eigenvalue weighted by Gasteiger charge is -2.40. The lowest BCUT2D eigenvalue weighted by molar-refractivity contribution is -0.174. The highest BCUT2D eigenvalue weighted by molar-refractivity contribution is 5.47. The second-order valence-corrected chi connectivity index (χ2v) is 6.95. The van der Waals surface area contributed by atoms with Gasteiger partial charge < -0.3 is 25.0 Å². The number of hydrogen-bond acceptors (Lipinski definition) is 7. The number of morpholine rings is 1. The molecule has 0 spiro atoms. The van der Waals surface area contributed by atoms with E-state index < -0.39 is 56.3 Å². The van der Waals surface area contributed by atoms with E-state index in [1.54, 1.807) is 4.90 Å². The Hall–Kier alpha value is -2.06. The van der Waals surface area contributed by atoms with E-state index >= 15 is 0 Å². The van der Waals surface area contributed by atoms with E-state index in [1.165, 1.54) is 6.07 Å². The average Bonchev–Trinajstić information content (AvgIpc) is 2.63. The predicted molar refractivity (Wildman–Crippen MR) is 93.3 cm³/mol. The third-order valence-electron chi connectivity index (χ3n) is 4.81. The Kier molecular flexibility index (Phi) is 6.48. The molecule has 2 aliphatic rings. The number of aromatic nitrogens is 2. The van der Waals surface area contributed by atoms with E-state index in [4.69, 9.17) is 10.5 Å². The molecule has 3 rings (SSSR count). The van der Waals surface area contributed by atoms with Gasteiger partial charge in [0.1, 0.15) is 24.6 Å². The van der Waals surface area contributed by atoms with E-state index in [9.17, 15) is 31.1 Å². The van der Waals surface area contributed by atoms with Gasteiger partial charge in [-0.3, -0.25) is 9.36 Å². The first-order chi connectivity index (χ1) is 14.0. The smallest absolute Gasteiger partial charge is 0.376 e. The predicted octanol–water partition coefficient (Wildman–Crippen LogP) is 1.08. The van der Waals surface area contributed by atoms with Gasteiger partial charge >= 0.3 is 12.4 Å². The SMILES string of the molecule is N[C@@H]1COCCN1c1cc(=O)n2c(n1)N(CCOCC(F)(F)F)C(C(F)(F)F)CC2. The van der Waals surface area contributed by atoms with Crippen LogP contribution in [0, 0.1) is 0 Å². The van der Waals surface area contributed by atoms with Gasteiger partial charge in [-0.05, 0) is 6.42 Å². The van der Waals surface area contributed by atoms with Gasteiger partial charge in [0.2, 0.25) is 5.95 Å². The molecule has 0 radical (unpaired) electrons. The van der Waals surface area contributed by atoms with Crippen molar-refractivity contribution in [3.05, 3.63) is 16.4 Å². The van der Waals surface area contributed by atoms with Crippen molar-refractivity contribution in [3.8, 4) is 0 Å². The molecule has 1 unspecified atom stereocenters. The molecule has 14 heteroatoms. The van der Waals surface area contributed by atoms with Crippen molar-refractivity contribution in [2.45, 2.75) is 37.5 Å². The minimum atomic E-state index is -4.67. The number of rotatable bonds is 5. The number of ether oxygens (including phenoxy) is 2. The maximum Gasteiger partial charge on any atom is 0.411 e. The molecule has 30 heavy (non-hydrogen) atoms. The van der Waals surface area contributed by atoms with Crippen LogP contribution in [-0.4, -0.2) is 73.6 Å². The summed E-state index contributed by atoms with van der Waals surface area (Å²) in [7, 11) is 0. The zero-order chi connectivity index (χ0) is 22.1. The minimum Gasteiger partial charge on any atom is -0.376 e. The number of fused-ring (bicyclic) bond motifs is 1. The number of alkyl halides is 6. The second-order valence-electron chi connectivity index (χ2n) is 6.95. The van der Waals surface area contributed by atoms with Gasteiger partial charge in [0, 0.05) is 25.7 Å². The molecule has 0 aromatic carbocycles. The van der Waals surface area contributed by atoms with Crippen LogP contribution in [0.5, 0.6) is 0 Å². The molecule has 0 bridgehead atoms. The monoisotopic (exact) mass is 445 g/mol. The molecular weight excluding hydrogens is 424 g/mol. The molecule has 2 atom stereocenters. The quantitative estimate of drug-likeness (QED) is 0.537. The van der Waals surface area contributed by atoms with Crippen molar-refractivity contribution in [1.82, 2.24) is 9.55 Å². The van der Waals surface area contributed by atoms with Crippen molar-refractivity contribution in [1.29, 1.82) is 0 Å². The van der Waals surface area contributed by atoms with Crippen LogP contribution < -0.4 is 21.1 Å². The fraction of sp³-hybridized carbons (Fsp3) is 0.750. The molecule has 1 fully saturated rings. The van der Waals surface area contributed by atoms with E-state index in [-0.39, 0.29) is 31.5 Å². The lowest BCUT2D eigenvalue weighted by atomic mass is 10.1. The topological polar surface area (TPSA) is 85.8 Å². The first-order valence-corrected chi connectivity index (χ1v) is 9.17. The lowest BCUT2D eigenvalue weighted by Crippen LogP contribution is -2.55. The molecule has 0 aliphatic carbocycles. The Morgan fingerprint density at radius 3 is 2.60 bits per heavy atom. The third-order valence-corrected chi connectivity index (χ3v) is 4.81. The van der Waals surface area contributed by atoms with E-state index in [1.807, 2.05) is 0 Å². The van der Waals surface area contributed by atoms with Gasteiger partial charge in [0.15, 0.2) is 0 Å². The first-order valence-electron chi connectivity index (χ1n) is 9.17. The largest absolute Gasteiger partial charge is 0.411 e. The van der Waals surface area contributed by atoms with Gasteiger partial charge in [-0.15, -0.1) is 0 Å². The van der Waals surface area contributed by atoms with Crippen LogP contribution in [0.2, 0.25) is 0 Å². The number of halogens is 6. The molecule has 8 nitrogen and oxygen atoms in total. The summed E-state index contributed by atoms with van der Waals surface area (Å²) in [6.45, 7) is -2.21. The van der Waals surface area contributed by atoms with Crippen molar-refractivity contribution in [2.75, 3.05) is 49.3 Å². The zero-order valence-electron chi connectivity index (χ0n) is 15.7. The zero-order valence-corrected chi connectivity index (χ0v) is 15.7. The molecule has 2 aliphatic heterocycles. The Morgan fingerprint density at radius 2 is 1.97 bits per heavy atom. The summed E-state index contributed by atoms with van der Waals surface area (Å²) in [5.74, 6) is -0.188. The van der Waals surface area contributed by atoms with Crippen LogP contribution in [-0.2, 0) is 16.0 Å². The van der Waals surface area contributed by atoms with Crippen LogP contribution in [0.15, 0.2) is 10.9 Å². The van der Waals surface area contributed by atoms with Crippen molar-refractivity contribution >= 4 is 11.8 Å². The van der Waals surface area contributed by atoms with Crippen LogP contribution in [0.4, 0.5) is 38.1 Å². The fourth-order valence-electron chi connectivity index (χ4n) is 3.46. The minimum absolute atomic E-state index is 0.0890. The molecule has 3 heterocycles. The summed E-state index contributed by atoms with van der Waals surface area (Å²) in [5.41, 5.74) is 5.37. The highest BCUT2D eigenvalue weighted by Gasteiger charge is 2.47.